The molecule has 0 aliphatic heterocycles. The molecule has 0 saturated heterocycles. The minimum absolute atomic E-state index is 0.109. The van der Waals surface area contributed by atoms with Crippen molar-refractivity contribution in [2.24, 2.45) is 0 Å². The molecule has 128 valence electrons. The summed E-state index contributed by atoms with van der Waals surface area (Å²) in [4.78, 5) is 16.2. The van der Waals surface area contributed by atoms with E-state index >= 15 is 0 Å². The zero-order valence-corrected chi connectivity index (χ0v) is 14.2. The fourth-order valence-corrected chi connectivity index (χ4v) is 2.40. The van der Waals surface area contributed by atoms with Crippen molar-refractivity contribution in [3.05, 3.63) is 72.8 Å². The van der Waals surface area contributed by atoms with Crippen LogP contribution < -0.4 is 10.1 Å². The molecule has 0 aliphatic carbocycles. The molecule has 0 saturated carbocycles. The molecular weight excluding hydrogens is 316 g/mol. The number of carbonyl (C=O) groups is 1. The molecule has 1 amide bonds. The molecule has 0 fully saturated rings. The summed E-state index contributed by atoms with van der Waals surface area (Å²) in [6.45, 7) is 3.73. The van der Waals surface area contributed by atoms with Crippen LogP contribution in [-0.2, 0) is 4.79 Å². The lowest BCUT2D eigenvalue weighted by Crippen LogP contribution is -2.33. The molecule has 0 spiro atoms. The van der Waals surface area contributed by atoms with Crippen LogP contribution in [-0.4, -0.2) is 20.7 Å². The molecule has 1 heterocycles. The highest BCUT2D eigenvalue weighted by molar-refractivity contribution is 5.80. The number of hydrogen-bond acceptors (Lipinski definition) is 4. The highest BCUT2D eigenvalue weighted by Gasteiger charge is 2.18. The van der Waals surface area contributed by atoms with Gasteiger partial charge in [0, 0.05) is 0 Å². The molecule has 2 unspecified atom stereocenters. The number of aromatic nitrogens is 3. The Morgan fingerprint density at radius 3 is 2.36 bits per heavy atom. The van der Waals surface area contributed by atoms with Crippen LogP contribution in [0.2, 0.25) is 0 Å². The maximum Gasteiger partial charge on any atom is 0.245 e. The third kappa shape index (κ3) is 4.23. The van der Waals surface area contributed by atoms with Crippen LogP contribution in [0.15, 0.2) is 67.3 Å². The number of nitrogens with zero attached hydrogens (tertiary/aromatic N) is 3. The molecule has 2 atom stereocenters. The molecule has 6 nitrogen and oxygen atoms in total. The third-order valence-corrected chi connectivity index (χ3v) is 3.93. The molecule has 6 heteroatoms. The minimum atomic E-state index is -0.411. The number of nitrogens with one attached hydrogen (secondary N) is 1. The normalized spacial score (nSPS) is 13.0. The Balaban J connectivity index is 1.60. The summed E-state index contributed by atoms with van der Waals surface area (Å²) in [5, 5.41) is 6.98. The van der Waals surface area contributed by atoms with Gasteiger partial charge in [-0.2, -0.15) is 5.10 Å². The average molecular weight is 336 g/mol. The zero-order valence-electron chi connectivity index (χ0n) is 14.2. The van der Waals surface area contributed by atoms with Crippen LogP contribution in [0.1, 0.15) is 31.5 Å². The van der Waals surface area contributed by atoms with Crippen LogP contribution >= 0.6 is 0 Å². The minimum Gasteiger partial charge on any atom is -0.457 e. The first-order valence-electron chi connectivity index (χ1n) is 8.11. The smallest absolute Gasteiger partial charge is 0.245 e. The van der Waals surface area contributed by atoms with Gasteiger partial charge in [0.1, 0.15) is 30.2 Å². The predicted octanol–water partition coefficient (Wildman–Crippen LogP) is 3.51. The van der Waals surface area contributed by atoms with Gasteiger partial charge < -0.3 is 10.1 Å². The highest BCUT2D eigenvalue weighted by Crippen LogP contribution is 2.23. The Morgan fingerprint density at radius 2 is 1.72 bits per heavy atom. The Hall–Kier alpha value is -3.15. The second-order valence-electron chi connectivity index (χ2n) is 5.77. The van der Waals surface area contributed by atoms with Gasteiger partial charge in [-0.3, -0.25) is 4.79 Å². The predicted molar refractivity (Wildman–Crippen MR) is 94.2 cm³/mol. The van der Waals surface area contributed by atoms with Crippen molar-refractivity contribution in [1.29, 1.82) is 0 Å². The maximum atomic E-state index is 12.3. The summed E-state index contributed by atoms with van der Waals surface area (Å²) in [5.41, 5.74) is 1.000. The molecule has 3 rings (SSSR count). The summed E-state index contributed by atoms with van der Waals surface area (Å²) in [6, 6.07) is 16.8. The second kappa shape index (κ2) is 7.61. The van der Waals surface area contributed by atoms with Gasteiger partial charge in [-0.15, -0.1) is 0 Å². The number of ether oxygens (including phenoxy) is 1. The number of rotatable bonds is 6. The fourth-order valence-electron chi connectivity index (χ4n) is 2.40. The quantitative estimate of drug-likeness (QED) is 0.748. The summed E-state index contributed by atoms with van der Waals surface area (Å²) in [6.07, 6.45) is 2.95. The summed E-state index contributed by atoms with van der Waals surface area (Å²) in [7, 11) is 0. The SMILES string of the molecule is CC(NC(=O)C(C)n1cncn1)c1ccc(Oc2ccccc2)cc1. The van der Waals surface area contributed by atoms with Gasteiger partial charge in [0.2, 0.25) is 5.91 Å². The molecule has 25 heavy (non-hydrogen) atoms. The standard InChI is InChI=1S/C19H20N4O2/c1-14(22-19(24)15(2)23-13-20-12-21-23)16-8-10-18(11-9-16)25-17-6-4-3-5-7-17/h3-15H,1-2H3,(H,22,24). The van der Waals surface area contributed by atoms with E-state index in [1.165, 1.54) is 17.3 Å². The number of para-hydroxylation sites is 1. The Bertz CT molecular complexity index is 801. The first-order valence-corrected chi connectivity index (χ1v) is 8.11. The molecular formula is C19H20N4O2. The van der Waals surface area contributed by atoms with Crippen molar-refractivity contribution in [3.63, 3.8) is 0 Å². The van der Waals surface area contributed by atoms with E-state index in [1.807, 2.05) is 61.5 Å². The number of hydrogen-bond donors (Lipinski definition) is 1. The number of carbonyl (C=O) groups excluding carboxylic acids is 1. The van der Waals surface area contributed by atoms with Crippen molar-refractivity contribution < 1.29 is 9.53 Å². The first-order chi connectivity index (χ1) is 12.1. The van der Waals surface area contributed by atoms with E-state index in [0.717, 1.165) is 17.1 Å². The van der Waals surface area contributed by atoms with E-state index in [9.17, 15) is 4.79 Å². The van der Waals surface area contributed by atoms with E-state index in [2.05, 4.69) is 15.4 Å². The van der Waals surface area contributed by atoms with Gasteiger partial charge in [-0.25, -0.2) is 9.67 Å². The fraction of sp³-hybridized carbons (Fsp3) is 0.211. The van der Waals surface area contributed by atoms with E-state index < -0.39 is 6.04 Å². The maximum absolute atomic E-state index is 12.3. The highest BCUT2D eigenvalue weighted by atomic mass is 16.5. The first kappa shape index (κ1) is 16.7. The third-order valence-electron chi connectivity index (χ3n) is 3.93. The van der Waals surface area contributed by atoms with Gasteiger partial charge in [-0.05, 0) is 43.7 Å². The molecule has 0 bridgehead atoms. The molecule has 1 N–H and O–H groups in total. The average Bonchev–Trinajstić information content (AvgIpc) is 3.17. The molecule has 2 aromatic carbocycles. The van der Waals surface area contributed by atoms with Crippen LogP contribution in [0.4, 0.5) is 0 Å². The lowest BCUT2D eigenvalue weighted by Gasteiger charge is -2.18. The zero-order chi connectivity index (χ0) is 17.6. The summed E-state index contributed by atoms with van der Waals surface area (Å²) in [5.74, 6) is 1.44. The van der Waals surface area contributed by atoms with Crippen molar-refractivity contribution in [3.8, 4) is 11.5 Å². The molecule has 0 radical (unpaired) electrons. The van der Waals surface area contributed by atoms with Gasteiger partial charge in [-0.1, -0.05) is 30.3 Å². The van der Waals surface area contributed by atoms with E-state index in [-0.39, 0.29) is 11.9 Å². The Labute approximate surface area is 146 Å². The van der Waals surface area contributed by atoms with Crippen LogP contribution in [0.3, 0.4) is 0 Å². The van der Waals surface area contributed by atoms with Gasteiger partial charge >= 0.3 is 0 Å². The lowest BCUT2D eigenvalue weighted by molar-refractivity contribution is -0.124. The lowest BCUT2D eigenvalue weighted by atomic mass is 10.1. The van der Waals surface area contributed by atoms with Gasteiger partial charge in [0.25, 0.3) is 0 Å². The summed E-state index contributed by atoms with van der Waals surface area (Å²) < 4.78 is 7.30. The monoisotopic (exact) mass is 336 g/mol. The van der Waals surface area contributed by atoms with Gasteiger partial charge in [0.15, 0.2) is 0 Å². The Morgan fingerprint density at radius 1 is 1.04 bits per heavy atom. The molecule has 0 aliphatic rings. The van der Waals surface area contributed by atoms with E-state index in [4.69, 9.17) is 4.74 Å². The Kier molecular flexibility index (Phi) is 5.09. The van der Waals surface area contributed by atoms with Crippen molar-refractivity contribution in [2.45, 2.75) is 25.9 Å². The van der Waals surface area contributed by atoms with Crippen molar-refractivity contribution >= 4 is 5.91 Å². The largest absolute Gasteiger partial charge is 0.457 e. The van der Waals surface area contributed by atoms with Crippen molar-refractivity contribution in [1.82, 2.24) is 20.1 Å². The second-order valence-corrected chi connectivity index (χ2v) is 5.77. The van der Waals surface area contributed by atoms with Crippen LogP contribution in [0, 0.1) is 0 Å². The van der Waals surface area contributed by atoms with Crippen molar-refractivity contribution in [2.75, 3.05) is 0 Å². The van der Waals surface area contributed by atoms with Gasteiger partial charge in [0.05, 0.1) is 6.04 Å². The van der Waals surface area contributed by atoms with Crippen LogP contribution in [0.25, 0.3) is 0 Å². The molecule has 1 aromatic heterocycles. The van der Waals surface area contributed by atoms with E-state index in [0.29, 0.717) is 0 Å². The molecule has 3 aromatic rings. The number of benzene rings is 2. The topological polar surface area (TPSA) is 69.0 Å². The summed E-state index contributed by atoms with van der Waals surface area (Å²) >= 11 is 0. The number of amides is 1. The van der Waals surface area contributed by atoms with Crippen LogP contribution in [0.5, 0.6) is 11.5 Å². The van der Waals surface area contributed by atoms with E-state index in [1.54, 1.807) is 6.92 Å².